The summed E-state index contributed by atoms with van der Waals surface area (Å²) in [5.74, 6) is -0.451. The van der Waals surface area contributed by atoms with E-state index in [1.165, 1.54) is 7.11 Å². The van der Waals surface area contributed by atoms with Crippen LogP contribution in [0, 0.1) is 5.92 Å². The summed E-state index contributed by atoms with van der Waals surface area (Å²) in [7, 11) is 1.37. The van der Waals surface area contributed by atoms with Crippen LogP contribution in [0.2, 0.25) is 0 Å². The second-order valence-corrected chi connectivity index (χ2v) is 5.95. The summed E-state index contributed by atoms with van der Waals surface area (Å²) in [6.45, 7) is 5.39. The molecular weight excluding hydrogens is 248 g/mol. The van der Waals surface area contributed by atoms with Crippen molar-refractivity contribution in [2.24, 2.45) is 11.7 Å². The van der Waals surface area contributed by atoms with E-state index in [-0.39, 0.29) is 24.0 Å². The lowest BCUT2D eigenvalue weighted by Gasteiger charge is -2.33. The maximum atomic E-state index is 11.7. The van der Waals surface area contributed by atoms with Gasteiger partial charge in [0.05, 0.1) is 13.0 Å². The molecule has 0 aliphatic heterocycles. The van der Waals surface area contributed by atoms with Gasteiger partial charge in [-0.1, -0.05) is 0 Å². The molecule has 0 spiro atoms. The molecule has 0 aromatic carbocycles. The maximum absolute atomic E-state index is 11.7. The van der Waals surface area contributed by atoms with Crippen LogP contribution in [0.15, 0.2) is 0 Å². The number of rotatable bonds is 2. The van der Waals surface area contributed by atoms with Crippen LogP contribution in [-0.4, -0.2) is 36.9 Å². The first kappa shape index (κ1) is 15.8. The number of esters is 1. The van der Waals surface area contributed by atoms with Crippen LogP contribution >= 0.6 is 0 Å². The van der Waals surface area contributed by atoms with E-state index < -0.39 is 11.7 Å². The largest absolute Gasteiger partial charge is 0.469 e. The van der Waals surface area contributed by atoms with Crippen molar-refractivity contribution in [3.05, 3.63) is 0 Å². The summed E-state index contributed by atoms with van der Waals surface area (Å²) in [5, 5.41) is 2.74. The maximum Gasteiger partial charge on any atom is 0.407 e. The first-order chi connectivity index (χ1) is 8.73. The van der Waals surface area contributed by atoms with Crippen molar-refractivity contribution in [3.63, 3.8) is 0 Å². The molecule has 6 heteroatoms. The van der Waals surface area contributed by atoms with Gasteiger partial charge in [0.25, 0.3) is 0 Å². The van der Waals surface area contributed by atoms with Crippen LogP contribution in [0.4, 0.5) is 4.79 Å². The normalized spacial score (nSPS) is 27.5. The van der Waals surface area contributed by atoms with Crippen LogP contribution in [-0.2, 0) is 14.3 Å². The number of hydrogen-bond acceptors (Lipinski definition) is 5. The summed E-state index contributed by atoms with van der Waals surface area (Å²) in [5.41, 5.74) is 5.42. The highest BCUT2D eigenvalue weighted by molar-refractivity contribution is 5.73. The van der Waals surface area contributed by atoms with Gasteiger partial charge in [-0.25, -0.2) is 4.79 Å². The summed E-state index contributed by atoms with van der Waals surface area (Å²) in [4.78, 5) is 23.2. The average Bonchev–Trinajstić information content (AvgIpc) is 2.28. The van der Waals surface area contributed by atoms with Crippen molar-refractivity contribution in [1.82, 2.24) is 5.32 Å². The van der Waals surface area contributed by atoms with Crippen molar-refractivity contribution in [1.29, 1.82) is 0 Å². The number of nitrogens with one attached hydrogen (secondary N) is 1. The van der Waals surface area contributed by atoms with Crippen molar-refractivity contribution in [2.45, 2.75) is 57.7 Å². The Morgan fingerprint density at radius 3 is 2.42 bits per heavy atom. The summed E-state index contributed by atoms with van der Waals surface area (Å²) in [6.07, 6.45) is 1.37. The van der Waals surface area contributed by atoms with Crippen LogP contribution in [0.3, 0.4) is 0 Å². The summed E-state index contributed by atoms with van der Waals surface area (Å²) in [6, 6.07) is -0.416. The smallest absolute Gasteiger partial charge is 0.407 e. The average molecular weight is 272 g/mol. The fourth-order valence-electron chi connectivity index (χ4n) is 2.20. The van der Waals surface area contributed by atoms with E-state index in [1.807, 2.05) is 0 Å². The molecular formula is C13H24N2O4. The zero-order chi connectivity index (χ0) is 14.6. The van der Waals surface area contributed by atoms with Gasteiger partial charge in [-0.15, -0.1) is 0 Å². The van der Waals surface area contributed by atoms with Crippen molar-refractivity contribution < 1.29 is 19.1 Å². The van der Waals surface area contributed by atoms with E-state index in [4.69, 9.17) is 15.2 Å². The van der Waals surface area contributed by atoms with E-state index in [9.17, 15) is 9.59 Å². The minimum Gasteiger partial charge on any atom is -0.469 e. The molecule has 0 radical (unpaired) electrons. The molecule has 0 heterocycles. The Morgan fingerprint density at radius 1 is 1.26 bits per heavy atom. The van der Waals surface area contributed by atoms with Gasteiger partial charge in [0.1, 0.15) is 5.60 Å². The first-order valence-corrected chi connectivity index (χ1v) is 6.56. The molecule has 3 N–H and O–H groups in total. The Hall–Kier alpha value is -1.30. The highest BCUT2D eigenvalue weighted by Crippen LogP contribution is 2.25. The molecule has 3 atom stereocenters. The number of carbonyl (C=O) groups excluding carboxylic acids is 2. The number of nitrogens with two attached hydrogens (primary N) is 1. The zero-order valence-corrected chi connectivity index (χ0v) is 12.1. The fraction of sp³-hybridized carbons (Fsp3) is 0.846. The van der Waals surface area contributed by atoms with Crippen molar-refractivity contribution in [3.8, 4) is 0 Å². The number of alkyl carbamates (subject to hydrolysis) is 1. The van der Waals surface area contributed by atoms with E-state index in [2.05, 4.69) is 5.32 Å². The van der Waals surface area contributed by atoms with Crippen molar-refractivity contribution >= 4 is 12.1 Å². The minimum atomic E-state index is -0.551. The van der Waals surface area contributed by atoms with Crippen LogP contribution in [0.1, 0.15) is 40.0 Å². The third-order valence-corrected chi connectivity index (χ3v) is 3.14. The molecule has 0 bridgehead atoms. The molecule has 0 aromatic heterocycles. The van der Waals surface area contributed by atoms with E-state index >= 15 is 0 Å². The Labute approximate surface area is 114 Å². The first-order valence-electron chi connectivity index (χ1n) is 6.56. The second-order valence-electron chi connectivity index (χ2n) is 5.95. The molecule has 0 unspecified atom stereocenters. The molecule has 19 heavy (non-hydrogen) atoms. The molecule has 1 saturated carbocycles. The molecule has 1 amide bonds. The summed E-state index contributed by atoms with van der Waals surface area (Å²) >= 11 is 0. The fourth-order valence-corrected chi connectivity index (χ4v) is 2.20. The molecule has 6 nitrogen and oxygen atoms in total. The lowest BCUT2D eigenvalue weighted by Crippen LogP contribution is -2.52. The lowest BCUT2D eigenvalue weighted by atomic mass is 9.83. The molecule has 0 aromatic rings. The van der Waals surface area contributed by atoms with Gasteiger partial charge in [-0.2, -0.15) is 0 Å². The third kappa shape index (κ3) is 5.06. The van der Waals surface area contributed by atoms with Gasteiger partial charge < -0.3 is 20.5 Å². The minimum absolute atomic E-state index is 0.159. The summed E-state index contributed by atoms with van der Waals surface area (Å²) < 4.78 is 9.92. The number of hydrogen-bond donors (Lipinski definition) is 2. The van der Waals surface area contributed by atoms with Crippen LogP contribution in [0.25, 0.3) is 0 Å². The van der Waals surface area contributed by atoms with E-state index in [1.54, 1.807) is 20.8 Å². The number of amides is 1. The predicted molar refractivity (Wildman–Crippen MR) is 70.5 cm³/mol. The molecule has 1 rings (SSSR count). The van der Waals surface area contributed by atoms with E-state index in [0.717, 1.165) is 0 Å². The molecule has 110 valence electrons. The number of methoxy groups -OCH3 is 1. The van der Waals surface area contributed by atoms with Gasteiger partial charge in [0, 0.05) is 12.1 Å². The van der Waals surface area contributed by atoms with Gasteiger partial charge >= 0.3 is 12.1 Å². The lowest BCUT2D eigenvalue weighted by molar-refractivity contribution is -0.146. The molecule has 1 aliphatic rings. The Morgan fingerprint density at radius 2 is 1.89 bits per heavy atom. The van der Waals surface area contributed by atoms with Gasteiger partial charge in [0.15, 0.2) is 0 Å². The third-order valence-electron chi connectivity index (χ3n) is 3.14. The highest BCUT2D eigenvalue weighted by atomic mass is 16.6. The highest BCUT2D eigenvalue weighted by Gasteiger charge is 2.34. The zero-order valence-electron chi connectivity index (χ0n) is 12.1. The van der Waals surface area contributed by atoms with Gasteiger partial charge in [-0.3, -0.25) is 4.79 Å². The molecule has 1 aliphatic carbocycles. The predicted octanol–water partition coefficient (Wildman–Crippen LogP) is 1.18. The van der Waals surface area contributed by atoms with Crippen LogP contribution in [0.5, 0.6) is 0 Å². The number of ether oxygens (including phenoxy) is 2. The Balaban J connectivity index is 2.55. The molecule has 1 fully saturated rings. The molecule has 0 saturated heterocycles. The SMILES string of the molecule is COC(=O)[C@H]1CC[C@H](N)[C@H](NC(=O)OC(C)(C)C)C1. The Bertz CT molecular complexity index is 338. The van der Waals surface area contributed by atoms with Gasteiger partial charge in [-0.05, 0) is 40.0 Å². The van der Waals surface area contributed by atoms with E-state index in [0.29, 0.717) is 19.3 Å². The van der Waals surface area contributed by atoms with Gasteiger partial charge in [0.2, 0.25) is 0 Å². The van der Waals surface area contributed by atoms with Crippen molar-refractivity contribution in [2.75, 3.05) is 7.11 Å². The second kappa shape index (κ2) is 6.23. The monoisotopic (exact) mass is 272 g/mol. The standard InChI is InChI=1S/C13H24N2O4/c1-13(2,3)19-12(17)15-10-7-8(11(16)18-4)5-6-9(10)14/h8-10H,5-7,14H2,1-4H3,(H,15,17)/t8-,9-,10+/m0/s1. The quantitative estimate of drug-likeness (QED) is 0.737. The number of carbonyl (C=O) groups is 2. The Kier molecular flexibility index (Phi) is 5.17. The topological polar surface area (TPSA) is 90.6 Å². The van der Waals surface area contributed by atoms with Crippen LogP contribution < -0.4 is 11.1 Å².